The van der Waals surface area contributed by atoms with Gasteiger partial charge in [0.05, 0.1) is 23.1 Å². The zero-order valence-electron chi connectivity index (χ0n) is 14.0. The van der Waals surface area contributed by atoms with Gasteiger partial charge in [-0.1, -0.05) is 24.3 Å². The smallest absolute Gasteiger partial charge is 0.280 e. The zero-order chi connectivity index (χ0) is 19.2. The summed E-state index contributed by atoms with van der Waals surface area (Å²) in [4.78, 5) is 22.4. The van der Waals surface area contributed by atoms with Crippen molar-refractivity contribution in [2.75, 3.05) is 0 Å². The van der Waals surface area contributed by atoms with E-state index in [1.54, 1.807) is 30.3 Å². The predicted molar refractivity (Wildman–Crippen MR) is 96.6 cm³/mol. The number of nitrogens with one attached hydrogen (secondary N) is 1. The second-order valence-electron chi connectivity index (χ2n) is 5.57. The second kappa shape index (κ2) is 8.05. The molecule has 3 aromatic rings. The molecule has 1 N–H and O–H groups in total. The van der Waals surface area contributed by atoms with Crippen LogP contribution in [0.25, 0.3) is 11.3 Å². The van der Waals surface area contributed by atoms with Crippen molar-refractivity contribution in [3.05, 3.63) is 87.9 Å². The molecule has 1 amide bonds. The summed E-state index contributed by atoms with van der Waals surface area (Å²) >= 11 is 0. The van der Waals surface area contributed by atoms with E-state index >= 15 is 0 Å². The first-order valence-corrected chi connectivity index (χ1v) is 7.93. The number of halogens is 1. The van der Waals surface area contributed by atoms with E-state index < -0.39 is 4.92 Å². The molecule has 2 aromatic carbocycles. The van der Waals surface area contributed by atoms with E-state index in [0.717, 1.165) is 0 Å². The molecule has 0 unspecified atom stereocenters. The number of nitro groups is 1. The molecule has 0 fully saturated rings. The third-order valence-electron chi connectivity index (χ3n) is 3.65. The van der Waals surface area contributed by atoms with E-state index in [-0.39, 0.29) is 23.8 Å². The van der Waals surface area contributed by atoms with Crippen molar-refractivity contribution in [2.45, 2.75) is 6.42 Å². The maximum Gasteiger partial charge on any atom is 0.280 e. The fraction of sp³-hybridized carbons (Fsp3) is 0.0526. The summed E-state index contributed by atoms with van der Waals surface area (Å²) < 4.78 is 18.4. The van der Waals surface area contributed by atoms with Gasteiger partial charge >= 0.3 is 0 Å². The Balaban J connectivity index is 1.63. The van der Waals surface area contributed by atoms with E-state index in [9.17, 15) is 19.3 Å². The molecule has 1 heterocycles. The van der Waals surface area contributed by atoms with E-state index in [1.807, 2.05) is 0 Å². The van der Waals surface area contributed by atoms with Gasteiger partial charge < -0.3 is 4.42 Å². The van der Waals surface area contributed by atoms with Crippen LogP contribution in [0.1, 0.15) is 11.3 Å². The minimum Gasteiger partial charge on any atom is -0.455 e. The van der Waals surface area contributed by atoms with Crippen LogP contribution in [0, 0.1) is 15.9 Å². The van der Waals surface area contributed by atoms with Crippen LogP contribution < -0.4 is 5.43 Å². The molecule has 0 radical (unpaired) electrons. The summed E-state index contributed by atoms with van der Waals surface area (Å²) in [6.07, 6.45) is 1.35. The molecule has 0 aliphatic rings. The molecule has 0 saturated carbocycles. The summed E-state index contributed by atoms with van der Waals surface area (Å²) in [6.45, 7) is 0. The molecule has 0 aliphatic heterocycles. The van der Waals surface area contributed by atoms with Crippen LogP contribution in [0.2, 0.25) is 0 Å². The minimum atomic E-state index is -0.485. The lowest BCUT2D eigenvalue weighted by molar-refractivity contribution is -0.384. The molecule has 3 rings (SSSR count). The van der Waals surface area contributed by atoms with Crippen LogP contribution >= 0.6 is 0 Å². The van der Waals surface area contributed by atoms with Crippen LogP contribution in [-0.2, 0) is 11.2 Å². The van der Waals surface area contributed by atoms with Gasteiger partial charge in [0.2, 0.25) is 5.91 Å². The maximum absolute atomic E-state index is 12.8. The number of rotatable bonds is 6. The molecule has 0 aliphatic carbocycles. The number of hydrogen-bond donors (Lipinski definition) is 1. The Bertz CT molecular complexity index is 996. The first-order valence-electron chi connectivity index (χ1n) is 7.93. The van der Waals surface area contributed by atoms with Gasteiger partial charge in [0.25, 0.3) is 5.69 Å². The third kappa shape index (κ3) is 4.63. The number of hydrogen-bond acceptors (Lipinski definition) is 5. The Hall–Kier alpha value is -3.81. The number of nitro benzene ring substituents is 1. The average molecular weight is 367 g/mol. The molecule has 27 heavy (non-hydrogen) atoms. The standard InChI is InChI=1S/C19H14FN3O4/c20-14-7-5-13(6-8-14)11-19(24)22-21-12-15-9-10-18(27-15)16-3-1-2-4-17(16)23(25)26/h1-10,12H,11H2,(H,22,24)/b21-12-. The number of amides is 1. The summed E-state index contributed by atoms with van der Waals surface area (Å²) in [7, 11) is 0. The monoisotopic (exact) mass is 367 g/mol. The first-order chi connectivity index (χ1) is 13.0. The summed E-state index contributed by atoms with van der Waals surface area (Å²) in [5.74, 6) is -0.0978. The lowest BCUT2D eigenvalue weighted by atomic mass is 10.1. The Morgan fingerprint density at radius 2 is 1.89 bits per heavy atom. The summed E-state index contributed by atoms with van der Waals surface area (Å²) in [5, 5.41) is 14.9. The number of carbonyl (C=O) groups excluding carboxylic acids is 1. The SMILES string of the molecule is O=C(Cc1ccc(F)cc1)N/N=C\c1ccc(-c2ccccc2[N+](=O)[O-])o1. The van der Waals surface area contributed by atoms with Gasteiger partial charge in [-0.15, -0.1) is 0 Å². The number of hydrazone groups is 1. The Labute approximate surface area is 153 Å². The quantitative estimate of drug-likeness (QED) is 0.408. The van der Waals surface area contributed by atoms with Gasteiger partial charge in [-0.05, 0) is 35.9 Å². The molecule has 136 valence electrons. The minimum absolute atomic E-state index is 0.0528. The van der Waals surface area contributed by atoms with Gasteiger partial charge in [0.1, 0.15) is 17.3 Å². The van der Waals surface area contributed by atoms with Crippen LogP contribution in [0.15, 0.2) is 70.2 Å². The number of furan rings is 1. The van der Waals surface area contributed by atoms with Crippen molar-refractivity contribution in [3.8, 4) is 11.3 Å². The van der Waals surface area contributed by atoms with Crippen molar-refractivity contribution >= 4 is 17.8 Å². The number of benzene rings is 2. The summed E-state index contributed by atoms with van der Waals surface area (Å²) in [5.41, 5.74) is 3.28. The molecule has 0 atom stereocenters. The predicted octanol–water partition coefficient (Wildman–Crippen LogP) is 3.69. The van der Waals surface area contributed by atoms with Gasteiger partial charge in [-0.25, -0.2) is 9.82 Å². The highest BCUT2D eigenvalue weighted by molar-refractivity contribution is 5.82. The van der Waals surface area contributed by atoms with Gasteiger partial charge in [-0.3, -0.25) is 14.9 Å². The molecule has 8 heteroatoms. The third-order valence-corrected chi connectivity index (χ3v) is 3.65. The maximum atomic E-state index is 12.8. The average Bonchev–Trinajstić information content (AvgIpc) is 3.12. The van der Waals surface area contributed by atoms with Crippen molar-refractivity contribution in [3.63, 3.8) is 0 Å². The highest BCUT2D eigenvalue weighted by Crippen LogP contribution is 2.30. The Morgan fingerprint density at radius 3 is 2.63 bits per heavy atom. The van der Waals surface area contributed by atoms with E-state index in [0.29, 0.717) is 22.6 Å². The molecular weight excluding hydrogens is 353 g/mol. The molecule has 0 spiro atoms. The molecular formula is C19H14FN3O4. The first kappa shape index (κ1) is 18.0. The molecule has 7 nitrogen and oxygen atoms in total. The largest absolute Gasteiger partial charge is 0.455 e. The van der Waals surface area contributed by atoms with Gasteiger partial charge in [0, 0.05) is 6.07 Å². The fourth-order valence-corrected chi connectivity index (χ4v) is 2.40. The second-order valence-corrected chi connectivity index (χ2v) is 5.57. The zero-order valence-corrected chi connectivity index (χ0v) is 14.0. The lowest BCUT2D eigenvalue weighted by Gasteiger charge is -2.00. The molecule has 0 bridgehead atoms. The van der Waals surface area contributed by atoms with Crippen molar-refractivity contribution < 1.29 is 18.5 Å². The van der Waals surface area contributed by atoms with Crippen molar-refractivity contribution in [1.82, 2.24) is 5.43 Å². The van der Waals surface area contributed by atoms with E-state index in [2.05, 4.69) is 10.5 Å². The van der Waals surface area contributed by atoms with Crippen LogP contribution in [0.3, 0.4) is 0 Å². The summed E-state index contributed by atoms with van der Waals surface area (Å²) in [6, 6.07) is 15.0. The van der Waals surface area contributed by atoms with Crippen LogP contribution in [0.5, 0.6) is 0 Å². The van der Waals surface area contributed by atoms with Crippen LogP contribution in [0.4, 0.5) is 10.1 Å². The van der Waals surface area contributed by atoms with E-state index in [1.165, 1.54) is 36.5 Å². The van der Waals surface area contributed by atoms with Gasteiger partial charge in [-0.2, -0.15) is 5.10 Å². The lowest BCUT2D eigenvalue weighted by Crippen LogP contribution is -2.19. The Morgan fingerprint density at radius 1 is 1.15 bits per heavy atom. The highest BCUT2D eigenvalue weighted by Gasteiger charge is 2.16. The topological polar surface area (TPSA) is 97.7 Å². The van der Waals surface area contributed by atoms with Crippen LogP contribution in [-0.4, -0.2) is 17.0 Å². The number of carbonyl (C=O) groups is 1. The van der Waals surface area contributed by atoms with Crippen molar-refractivity contribution in [2.24, 2.45) is 5.10 Å². The Kier molecular flexibility index (Phi) is 5.36. The fourth-order valence-electron chi connectivity index (χ4n) is 2.40. The molecule has 0 saturated heterocycles. The van der Waals surface area contributed by atoms with Gasteiger partial charge in [0.15, 0.2) is 0 Å². The van der Waals surface area contributed by atoms with Crippen molar-refractivity contribution in [1.29, 1.82) is 0 Å². The van der Waals surface area contributed by atoms with E-state index in [4.69, 9.17) is 4.42 Å². The molecule has 1 aromatic heterocycles. The number of nitrogens with zero attached hydrogens (tertiary/aromatic N) is 2. The normalized spacial score (nSPS) is 10.9. The highest BCUT2D eigenvalue weighted by atomic mass is 19.1. The number of para-hydroxylation sites is 1.